The van der Waals surface area contributed by atoms with Crippen LogP contribution in [0.2, 0.25) is 0 Å². The van der Waals surface area contributed by atoms with Gasteiger partial charge in [-0.1, -0.05) is 6.42 Å². The maximum atomic E-state index is 13.3. The van der Waals surface area contributed by atoms with Crippen LogP contribution in [0.15, 0.2) is 6.07 Å². The van der Waals surface area contributed by atoms with Crippen molar-refractivity contribution in [2.75, 3.05) is 13.1 Å². The fraction of sp³-hybridized carbons (Fsp3) is 0.667. The maximum absolute atomic E-state index is 13.3. The Balaban J connectivity index is 1.42. The van der Waals surface area contributed by atoms with Gasteiger partial charge in [-0.15, -0.1) is 0 Å². The zero-order valence-electron chi connectivity index (χ0n) is 16.5. The molecule has 2 atom stereocenters. The van der Waals surface area contributed by atoms with E-state index in [2.05, 4.69) is 20.3 Å². The van der Waals surface area contributed by atoms with Crippen LogP contribution in [0.1, 0.15) is 59.5 Å². The molecule has 2 aliphatic carbocycles. The Morgan fingerprint density at radius 3 is 2.48 bits per heavy atom. The van der Waals surface area contributed by atoms with E-state index in [4.69, 9.17) is 0 Å². The zero-order valence-corrected chi connectivity index (χ0v) is 16.5. The van der Waals surface area contributed by atoms with Gasteiger partial charge < -0.3 is 5.32 Å². The number of aryl methyl sites for hydroxylation is 3. The highest BCUT2D eigenvalue weighted by molar-refractivity contribution is 6.01. The van der Waals surface area contributed by atoms with Crippen LogP contribution in [0.25, 0.3) is 5.65 Å². The van der Waals surface area contributed by atoms with E-state index in [0.717, 1.165) is 36.2 Å². The molecule has 27 heavy (non-hydrogen) atoms. The third kappa shape index (κ3) is 2.94. The maximum Gasteiger partial charge on any atom is 0.257 e. The summed E-state index contributed by atoms with van der Waals surface area (Å²) in [5.41, 5.74) is 4.01. The summed E-state index contributed by atoms with van der Waals surface area (Å²) in [5.74, 6) is 1.17. The van der Waals surface area contributed by atoms with Gasteiger partial charge in [0, 0.05) is 36.6 Å². The molecule has 0 radical (unpaired) electrons. The Kier molecular flexibility index (Phi) is 4.00. The van der Waals surface area contributed by atoms with Crippen molar-refractivity contribution in [1.29, 1.82) is 0 Å². The molecule has 2 saturated carbocycles. The molecule has 3 heterocycles. The van der Waals surface area contributed by atoms with Crippen LogP contribution >= 0.6 is 0 Å². The second kappa shape index (κ2) is 6.30. The number of fused-ring (bicyclic) bond motifs is 3. The molecule has 6 nitrogen and oxygen atoms in total. The van der Waals surface area contributed by atoms with Crippen LogP contribution in [0.3, 0.4) is 0 Å². The van der Waals surface area contributed by atoms with E-state index in [1.165, 1.54) is 32.1 Å². The van der Waals surface area contributed by atoms with Crippen molar-refractivity contribution in [2.24, 2.45) is 11.8 Å². The minimum Gasteiger partial charge on any atom is -0.348 e. The molecule has 0 spiro atoms. The topological polar surface area (TPSA) is 62.5 Å². The van der Waals surface area contributed by atoms with Gasteiger partial charge in [-0.3, -0.25) is 9.69 Å². The van der Waals surface area contributed by atoms with Gasteiger partial charge in [0.15, 0.2) is 5.65 Å². The van der Waals surface area contributed by atoms with Gasteiger partial charge in [-0.2, -0.15) is 5.10 Å². The third-order valence-electron chi connectivity index (χ3n) is 6.76. The largest absolute Gasteiger partial charge is 0.348 e. The normalized spacial score (nSPS) is 28.5. The van der Waals surface area contributed by atoms with Gasteiger partial charge >= 0.3 is 0 Å². The number of nitrogens with zero attached hydrogens (tertiary/aromatic N) is 4. The lowest BCUT2D eigenvalue weighted by molar-refractivity contribution is 0.0390. The van der Waals surface area contributed by atoms with Crippen LogP contribution in [-0.2, 0) is 0 Å². The molecule has 1 amide bonds. The van der Waals surface area contributed by atoms with Crippen molar-refractivity contribution in [3.63, 3.8) is 0 Å². The summed E-state index contributed by atoms with van der Waals surface area (Å²) in [6.45, 7) is 8.18. The predicted molar refractivity (Wildman–Crippen MR) is 104 cm³/mol. The Morgan fingerprint density at radius 2 is 1.81 bits per heavy atom. The standard InChI is InChI=1S/C21H29N5O/c1-12-9-13(2)26-20(22-12)18(14(3)24-26)21(27)23-19-15-5-4-6-16(19)11-25(10-15)17-7-8-17/h9,15-17,19H,4-8,10-11H2,1-3H3,(H,23,27). The number of hydrogen-bond acceptors (Lipinski definition) is 4. The van der Waals surface area contributed by atoms with Crippen molar-refractivity contribution in [2.45, 2.75) is 65.0 Å². The molecular weight excluding hydrogens is 338 g/mol. The highest BCUT2D eigenvalue weighted by atomic mass is 16.1. The van der Waals surface area contributed by atoms with Crippen molar-refractivity contribution in [1.82, 2.24) is 24.8 Å². The third-order valence-corrected chi connectivity index (χ3v) is 6.76. The number of carbonyl (C=O) groups is 1. The minimum atomic E-state index is 0.00164. The van der Waals surface area contributed by atoms with E-state index in [0.29, 0.717) is 29.1 Å². The predicted octanol–water partition coefficient (Wildman–Crippen LogP) is 2.65. The summed E-state index contributed by atoms with van der Waals surface area (Å²) in [6.07, 6.45) is 6.49. The van der Waals surface area contributed by atoms with Gasteiger partial charge in [0.2, 0.25) is 0 Å². The number of carbonyl (C=O) groups excluding carboxylic acids is 1. The molecule has 6 heteroatoms. The number of hydrogen-bond donors (Lipinski definition) is 1. The van der Waals surface area contributed by atoms with Crippen LogP contribution < -0.4 is 5.32 Å². The van der Waals surface area contributed by atoms with Gasteiger partial charge in [0.05, 0.1) is 5.69 Å². The van der Waals surface area contributed by atoms with Crippen molar-refractivity contribution >= 4 is 11.6 Å². The van der Waals surface area contributed by atoms with Crippen LogP contribution in [0.4, 0.5) is 0 Å². The Labute approximate surface area is 160 Å². The van der Waals surface area contributed by atoms with E-state index < -0.39 is 0 Å². The molecule has 1 saturated heterocycles. The van der Waals surface area contributed by atoms with Gasteiger partial charge in [0.1, 0.15) is 5.56 Å². The summed E-state index contributed by atoms with van der Waals surface area (Å²) in [5, 5.41) is 7.98. The molecule has 144 valence electrons. The molecule has 2 aromatic rings. The molecule has 5 rings (SSSR count). The fourth-order valence-corrected chi connectivity index (χ4v) is 5.36. The van der Waals surface area contributed by atoms with Gasteiger partial charge in [-0.25, -0.2) is 9.50 Å². The lowest BCUT2D eigenvalue weighted by atomic mass is 9.73. The zero-order chi connectivity index (χ0) is 18.7. The highest BCUT2D eigenvalue weighted by Gasteiger charge is 2.44. The first-order chi connectivity index (χ1) is 13.0. The number of likely N-dealkylation sites (tertiary alicyclic amines) is 1. The summed E-state index contributed by atoms with van der Waals surface area (Å²) in [4.78, 5) is 20.6. The molecule has 3 aliphatic rings. The first-order valence-corrected chi connectivity index (χ1v) is 10.4. The van der Waals surface area contributed by atoms with Crippen LogP contribution in [0, 0.1) is 32.6 Å². The summed E-state index contributed by atoms with van der Waals surface area (Å²) >= 11 is 0. The first kappa shape index (κ1) is 17.2. The van der Waals surface area contributed by atoms with E-state index in [-0.39, 0.29) is 5.91 Å². The van der Waals surface area contributed by atoms with E-state index in [1.807, 2.05) is 26.8 Å². The average Bonchev–Trinajstić information content (AvgIpc) is 3.38. The number of aromatic nitrogens is 3. The molecule has 2 bridgehead atoms. The van der Waals surface area contributed by atoms with Crippen molar-refractivity contribution in [3.05, 3.63) is 28.7 Å². The number of amides is 1. The summed E-state index contributed by atoms with van der Waals surface area (Å²) in [6, 6.07) is 3.11. The summed E-state index contributed by atoms with van der Waals surface area (Å²) < 4.78 is 1.80. The molecule has 1 aliphatic heterocycles. The number of nitrogens with one attached hydrogen (secondary N) is 1. The fourth-order valence-electron chi connectivity index (χ4n) is 5.36. The van der Waals surface area contributed by atoms with Gasteiger partial charge in [0.25, 0.3) is 5.91 Å². The molecule has 2 unspecified atom stereocenters. The van der Waals surface area contributed by atoms with E-state index >= 15 is 0 Å². The lowest BCUT2D eigenvalue weighted by Gasteiger charge is -2.47. The van der Waals surface area contributed by atoms with E-state index in [9.17, 15) is 4.79 Å². The Hall–Kier alpha value is -1.95. The Morgan fingerprint density at radius 1 is 1.11 bits per heavy atom. The second-order valence-corrected chi connectivity index (χ2v) is 8.87. The van der Waals surface area contributed by atoms with E-state index in [1.54, 1.807) is 4.52 Å². The number of piperidine rings is 1. The SMILES string of the molecule is Cc1cc(C)n2nc(C)c(C(=O)NC3C4CCCC3CN(C3CC3)C4)c2n1. The van der Waals surface area contributed by atoms with Gasteiger partial charge in [-0.05, 0) is 64.4 Å². The average molecular weight is 367 g/mol. The molecular formula is C21H29N5O. The monoisotopic (exact) mass is 367 g/mol. The second-order valence-electron chi connectivity index (χ2n) is 8.87. The molecule has 2 aromatic heterocycles. The number of rotatable bonds is 3. The van der Waals surface area contributed by atoms with Crippen molar-refractivity contribution in [3.8, 4) is 0 Å². The summed E-state index contributed by atoms with van der Waals surface area (Å²) in [7, 11) is 0. The molecule has 3 fully saturated rings. The lowest BCUT2D eigenvalue weighted by Crippen LogP contribution is -2.58. The van der Waals surface area contributed by atoms with Crippen molar-refractivity contribution < 1.29 is 4.79 Å². The first-order valence-electron chi connectivity index (χ1n) is 10.4. The highest BCUT2D eigenvalue weighted by Crippen LogP contribution is 2.39. The van der Waals surface area contributed by atoms with Crippen LogP contribution in [0.5, 0.6) is 0 Å². The minimum absolute atomic E-state index is 0.00164. The Bertz CT molecular complexity index is 886. The quantitative estimate of drug-likeness (QED) is 0.906. The molecule has 1 N–H and O–H groups in total. The smallest absolute Gasteiger partial charge is 0.257 e. The van der Waals surface area contributed by atoms with Crippen LogP contribution in [-0.4, -0.2) is 50.6 Å². The molecule has 0 aromatic carbocycles.